The number of carbonyl (C=O) groups excluding carboxylic acids is 1. The van der Waals surface area contributed by atoms with Gasteiger partial charge in [-0.05, 0) is 24.3 Å². The van der Waals surface area contributed by atoms with Crippen molar-refractivity contribution in [3.05, 3.63) is 51.1 Å². The number of hydrogen-bond acceptors (Lipinski definition) is 3. The molecule has 0 amide bonds. The first-order valence-corrected chi connectivity index (χ1v) is 6.35. The molecule has 1 aromatic heterocycles. The van der Waals surface area contributed by atoms with Crippen LogP contribution in [-0.4, -0.2) is 18.1 Å². The van der Waals surface area contributed by atoms with Gasteiger partial charge in [0.2, 0.25) is 0 Å². The van der Waals surface area contributed by atoms with E-state index in [1.165, 1.54) is 19.4 Å². The van der Waals surface area contributed by atoms with Crippen LogP contribution in [0.3, 0.4) is 0 Å². The standard InChI is InChI=1S/C13H8Cl3NO2/c1-19-13(18)7-4-11(16)12(17-6-7)9-3-2-8(14)5-10(9)15/h2-6H,1H3. The summed E-state index contributed by atoms with van der Waals surface area (Å²) in [5.41, 5.74) is 1.41. The van der Waals surface area contributed by atoms with Crippen LogP contribution in [0.1, 0.15) is 10.4 Å². The number of methoxy groups -OCH3 is 1. The van der Waals surface area contributed by atoms with Gasteiger partial charge < -0.3 is 4.74 Å². The molecule has 2 rings (SSSR count). The van der Waals surface area contributed by atoms with Crippen molar-refractivity contribution in [3.8, 4) is 11.3 Å². The fourth-order valence-corrected chi connectivity index (χ4v) is 2.31. The van der Waals surface area contributed by atoms with E-state index < -0.39 is 5.97 Å². The van der Waals surface area contributed by atoms with Gasteiger partial charge in [0.25, 0.3) is 0 Å². The molecule has 0 spiro atoms. The average Bonchev–Trinajstić information content (AvgIpc) is 2.38. The van der Waals surface area contributed by atoms with Crippen molar-refractivity contribution < 1.29 is 9.53 Å². The van der Waals surface area contributed by atoms with Gasteiger partial charge in [-0.2, -0.15) is 0 Å². The molecule has 6 heteroatoms. The van der Waals surface area contributed by atoms with Crippen LogP contribution in [0.4, 0.5) is 0 Å². The van der Waals surface area contributed by atoms with Gasteiger partial charge in [0.05, 0.1) is 28.4 Å². The molecule has 0 atom stereocenters. The van der Waals surface area contributed by atoms with Gasteiger partial charge in [0, 0.05) is 16.8 Å². The maximum Gasteiger partial charge on any atom is 0.339 e. The van der Waals surface area contributed by atoms with E-state index in [1.54, 1.807) is 18.2 Å². The first-order chi connectivity index (χ1) is 9.02. The maximum absolute atomic E-state index is 11.4. The molecule has 2 aromatic rings. The Bertz CT molecular complexity index is 644. The fraction of sp³-hybridized carbons (Fsp3) is 0.0769. The minimum atomic E-state index is -0.497. The number of aromatic nitrogens is 1. The second-order valence-corrected chi connectivity index (χ2v) is 4.92. The van der Waals surface area contributed by atoms with E-state index in [1.807, 2.05) is 0 Å². The largest absolute Gasteiger partial charge is 0.465 e. The number of benzene rings is 1. The van der Waals surface area contributed by atoms with E-state index in [0.717, 1.165) is 0 Å². The van der Waals surface area contributed by atoms with Crippen molar-refractivity contribution in [2.75, 3.05) is 7.11 Å². The van der Waals surface area contributed by atoms with Gasteiger partial charge in [-0.1, -0.05) is 34.8 Å². The Hall–Kier alpha value is -1.29. The highest BCUT2D eigenvalue weighted by Crippen LogP contribution is 2.33. The highest BCUT2D eigenvalue weighted by atomic mass is 35.5. The molecular weight excluding hydrogens is 309 g/mol. The molecular formula is C13H8Cl3NO2. The predicted molar refractivity (Wildman–Crippen MR) is 76.0 cm³/mol. The topological polar surface area (TPSA) is 39.2 Å². The summed E-state index contributed by atoms with van der Waals surface area (Å²) < 4.78 is 4.60. The molecule has 0 radical (unpaired) electrons. The number of ether oxygens (including phenoxy) is 1. The fourth-order valence-electron chi connectivity index (χ4n) is 1.55. The van der Waals surface area contributed by atoms with Gasteiger partial charge in [-0.25, -0.2) is 4.79 Å². The minimum Gasteiger partial charge on any atom is -0.465 e. The van der Waals surface area contributed by atoms with Crippen molar-refractivity contribution in [2.24, 2.45) is 0 Å². The van der Waals surface area contributed by atoms with Crippen LogP contribution in [-0.2, 0) is 4.74 Å². The Morgan fingerprint density at radius 3 is 2.47 bits per heavy atom. The number of hydrogen-bond donors (Lipinski definition) is 0. The summed E-state index contributed by atoms with van der Waals surface area (Å²) in [6, 6.07) is 6.50. The number of halogens is 3. The summed E-state index contributed by atoms with van der Waals surface area (Å²) in [6.45, 7) is 0. The molecule has 1 heterocycles. The van der Waals surface area contributed by atoms with E-state index in [9.17, 15) is 4.79 Å². The SMILES string of the molecule is COC(=O)c1cnc(-c2ccc(Cl)cc2Cl)c(Cl)c1. The first-order valence-electron chi connectivity index (χ1n) is 5.22. The van der Waals surface area contributed by atoms with Crippen molar-refractivity contribution in [1.82, 2.24) is 4.98 Å². The van der Waals surface area contributed by atoms with Crippen molar-refractivity contribution in [3.63, 3.8) is 0 Å². The normalized spacial score (nSPS) is 10.3. The third kappa shape index (κ3) is 3.00. The van der Waals surface area contributed by atoms with Crippen LogP contribution >= 0.6 is 34.8 Å². The minimum absolute atomic E-state index is 0.279. The first kappa shape index (κ1) is 14.1. The zero-order valence-corrected chi connectivity index (χ0v) is 12.1. The molecule has 1 aromatic carbocycles. The Kier molecular flexibility index (Phi) is 4.30. The van der Waals surface area contributed by atoms with Gasteiger partial charge in [-0.3, -0.25) is 4.98 Å². The monoisotopic (exact) mass is 315 g/mol. The number of rotatable bonds is 2. The summed E-state index contributed by atoms with van der Waals surface area (Å²) >= 11 is 18.0. The van der Waals surface area contributed by atoms with Crippen molar-refractivity contribution in [1.29, 1.82) is 0 Å². The number of esters is 1. The zero-order chi connectivity index (χ0) is 14.0. The predicted octanol–water partition coefficient (Wildman–Crippen LogP) is 4.50. The lowest BCUT2D eigenvalue weighted by Crippen LogP contribution is -2.02. The summed E-state index contributed by atoms with van der Waals surface area (Å²) in [5, 5.41) is 1.27. The van der Waals surface area contributed by atoms with E-state index in [2.05, 4.69) is 9.72 Å². The second kappa shape index (κ2) is 5.78. The van der Waals surface area contributed by atoms with Crippen LogP contribution < -0.4 is 0 Å². The van der Waals surface area contributed by atoms with Gasteiger partial charge in [0.1, 0.15) is 0 Å². The molecule has 0 saturated carbocycles. The van der Waals surface area contributed by atoms with E-state index in [0.29, 0.717) is 26.3 Å². The quantitative estimate of drug-likeness (QED) is 0.766. The van der Waals surface area contributed by atoms with Gasteiger partial charge >= 0.3 is 5.97 Å². The lowest BCUT2D eigenvalue weighted by Gasteiger charge is -2.07. The molecule has 0 N–H and O–H groups in total. The van der Waals surface area contributed by atoms with Gasteiger partial charge in [-0.15, -0.1) is 0 Å². The van der Waals surface area contributed by atoms with E-state index in [4.69, 9.17) is 34.8 Å². The summed E-state index contributed by atoms with van der Waals surface area (Å²) in [7, 11) is 1.29. The van der Waals surface area contributed by atoms with Crippen LogP contribution in [0.15, 0.2) is 30.5 Å². The molecule has 0 aliphatic carbocycles. The zero-order valence-electron chi connectivity index (χ0n) is 9.78. The molecule has 0 bridgehead atoms. The van der Waals surface area contributed by atoms with Crippen LogP contribution in [0, 0.1) is 0 Å². The number of carbonyl (C=O) groups is 1. The average molecular weight is 317 g/mol. The Morgan fingerprint density at radius 2 is 1.89 bits per heavy atom. The summed E-state index contributed by atoms with van der Waals surface area (Å²) in [6.07, 6.45) is 1.39. The molecule has 98 valence electrons. The Labute approximate surface area is 125 Å². The van der Waals surface area contributed by atoms with Crippen LogP contribution in [0.2, 0.25) is 15.1 Å². The smallest absolute Gasteiger partial charge is 0.339 e. The Balaban J connectivity index is 2.49. The second-order valence-electron chi connectivity index (χ2n) is 3.67. The molecule has 3 nitrogen and oxygen atoms in total. The molecule has 0 unspecified atom stereocenters. The number of nitrogens with zero attached hydrogens (tertiary/aromatic N) is 1. The van der Waals surface area contributed by atoms with Crippen LogP contribution in [0.5, 0.6) is 0 Å². The lowest BCUT2D eigenvalue weighted by atomic mass is 10.1. The van der Waals surface area contributed by atoms with Crippen molar-refractivity contribution >= 4 is 40.8 Å². The van der Waals surface area contributed by atoms with Crippen molar-refractivity contribution in [2.45, 2.75) is 0 Å². The molecule has 19 heavy (non-hydrogen) atoms. The third-order valence-electron chi connectivity index (χ3n) is 2.45. The molecule has 0 aliphatic heterocycles. The highest BCUT2D eigenvalue weighted by Gasteiger charge is 2.13. The molecule has 0 fully saturated rings. The van der Waals surface area contributed by atoms with Crippen LogP contribution in [0.25, 0.3) is 11.3 Å². The summed E-state index contributed by atoms with van der Waals surface area (Å²) in [4.78, 5) is 15.5. The molecule has 0 saturated heterocycles. The van der Waals surface area contributed by atoms with E-state index in [-0.39, 0.29) is 5.56 Å². The Morgan fingerprint density at radius 1 is 1.16 bits per heavy atom. The lowest BCUT2D eigenvalue weighted by molar-refractivity contribution is 0.0600. The molecule has 0 aliphatic rings. The number of pyridine rings is 1. The third-order valence-corrected chi connectivity index (χ3v) is 3.28. The summed E-state index contributed by atoms with van der Waals surface area (Å²) in [5.74, 6) is -0.497. The highest BCUT2D eigenvalue weighted by molar-refractivity contribution is 6.38. The maximum atomic E-state index is 11.4. The van der Waals surface area contributed by atoms with E-state index >= 15 is 0 Å². The van der Waals surface area contributed by atoms with Gasteiger partial charge in [0.15, 0.2) is 0 Å².